The zero-order valence-electron chi connectivity index (χ0n) is 25.0. The number of Topliss-reactive ketones (excluding diaryl/α,β-unsaturated/α-hetero) is 1. The fourth-order valence-corrected chi connectivity index (χ4v) is 5.64. The molecule has 9 heteroatoms. The number of anilines is 1. The van der Waals surface area contributed by atoms with Crippen molar-refractivity contribution in [1.29, 1.82) is 0 Å². The summed E-state index contributed by atoms with van der Waals surface area (Å²) >= 11 is 0. The van der Waals surface area contributed by atoms with E-state index < -0.39 is 18.4 Å². The molecule has 5 aromatic rings. The van der Waals surface area contributed by atoms with Crippen LogP contribution in [-0.4, -0.2) is 38.6 Å². The molecule has 230 valence electrons. The summed E-state index contributed by atoms with van der Waals surface area (Å²) in [6, 6.07) is 31.6. The Bertz CT molecular complexity index is 1750. The van der Waals surface area contributed by atoms with Gasteiger partial charge in [0.05, 0.1) is 48.8 Å². The summed E-state index contributed by atoms with van der Waals surface area (Å²) in [6.45, 7) is 2.03. The Labute approximate surface area is 261 Å². The van der Waals surface area contributed by atoms with Crippen LogP contribution in [0.3, 0.4) is 0 Å². The number of nitrogens with one attached hydrogen (secondary N) is 2. The van der Waals surface area contributed by atoms with Crippen LogP contribution >= 0.6 is 0 Å². The lowest BCUT2D eigenvalue weighted by Crippen LogP contribution is -2.43. The molecule has 1 aromatic heterocycles. The Hall–Kier alpha value is -4.83. The van der Waals surface area contributed by atoms with E-state index in [0.717, 1.165) is 33.3 Å². The number of aromatic nitrogens is 2. The summed E-state index contributed by atoms with van der Waals surface area (Å²) in [5.41, 5.74) is 6.03. The number of hydrogen-bond donors (Lipinski definition) is 3. The Morgan fingerprint density at radius 3 is 2.47 bits per heavy atom. The summed E-state index contributed by atoms with van der Waals surface area (Å²) in [4.78, 5) is 29.8. The van der Waals surface area contributed by atoms with E-state index in [2.05, 4.69) is 20.2 Å². The molecule has 45 heavy (non-hydrogen) atoms. The number of carbonyl (C=O) groups excluding carboxylic acids is 2. The second kappa shape index (κ2) is 13.9. The van der Waals surface area contributed by atoms with E-state index in [0.29, 0.717) is 25.1 Å². The van der Waals surface area contributed by atoms with Gasteiger partial charge in [-0.15, -0.1) is 0 Å². The van der Waals surface area contributed by atoms with Gasteiger partial charge in [0, 0.05) is 17.7 Å². The van der Waals surface area contributed by atoms with E-state index in [1.165, 1.54) is 6.92 Å². The van der Waals surface area contributed by atoms with Crippen LogP contribution in [0.5, 0.6) is 0 Å². The molecule has 0 bridgehead atoms. The van der Waals surface area contributed by atoms with Crippen LogP contribution in [0.1, 0.15) is 48.0 Å². The summed E-state index contributed by atoms with van der Waals surface area (Å²) in [5.74, 6) is -0.124. The van der Waals surface area contributed by atoms with Crippen LogP contribution in [0, 0.1) is 0 Å². The van der Waals surface area contributed by atoms with Crippen molar-refractivity contribution in [2.24, 2.45) is 0 Å². The van der Waals surface area contributed by atoms with Gasteiger partial charge in [-0.3, -0.25) is 4.79 Å². The van der Waals surface area contributed by atoms with Crippen LogP contribution in [0.25, 0.3) is 11.0 Å². The summed E-state index contributed by atoms with van der Waals surface area (Å²) < 4.78 is 15.1. The van der Waals surface area contributed by atoms with Gasteiger partial charge in [0.25, 0.3) is 0 Å². The minimum Gasteiger partial charge on any atom is -0.392 e. The second-order valence-electron chi connectivity index (χ2n) is 11.3. The number of ketones is 1. The average Bonchev–Trinajstić information content (AvgIpc) is 3.47. The third-order valence-electron chi connectivity index (χ3n) is 8.04. The predicted molar refractivity (Wildman–Crippen MR) is 171 cm³/mol. The largest absolute Gasteiger partial charge is 0.392 e. The number of imidazole rings is 1. The summed E-state index contributed by atoms with van der Waals surface area (Å²) in [6.07, 6.45) is 1.70. The predicted octanol–water partition coefficient (Wildman–Crippen LogP) is 6.10. The minimum atomic E-state index is -0.700. The number of nitrogens with zero attached hydrogens (tertiary/aromatic N) is 2. The lowest BCUT2D eigenvalue weighted by atomic mass is 10.00. The monoisotopic (exact) mass is 604 g/mol. The number of para-hydroxylation sites is 2. The van der Waals surface area contributed by atoms with Gasteiger partial charge in [-0.1, -0.05) is 78.9 Å². The summed E-state index contributed by atoms with van der Waals surface area (Å²) in [5, 5.41) is 15.2. The molecule has 0 spiro atoms. The highest BCUT2D eigenvalue weighted by Crippen LogP contribution is 2.39. The highest BCUT2D eigenvalue weighted by atomic mass is 16.7. The van der Waals surface area contributed by atoms with Crippen molar-refractivity contribution >= 4 is 28.5 Å². The van der Waals surface area contributed by atoms with E-state index in [-0.39, 0.29) is 24.6 Å². The van der Waals surface area contributed by atoms with Gasteiger partial charge in [-0.2, -0.15) is 0 Å². The molecule has 3 N–H and O–H groups in total. The van der Waals surface area contributed by atoms with Crippen LogP contribution in [0.15, 0.2) is 109 Å². The first-order chi connectivity index (χ1) is 21.9. The number of urea groups is 1. The van der Waals surface area contributed by atoms with Gasteiger partial charge in [-0.05, 0) is 54.3 Å². The van der Waals surface area contributed by atoms with Crippen molar-refractivity contribution in [3.05, 3.63) is 132 Å². The molecule has 4 atom stereocenters. The third-order valence-corrected chi connectivity index (χ3v) is 8.04. The first-order valence-electron chi connectivity index (χ1n) is 15.1. The number of benzene rings is 4. The van der Waals surface area contributed by atoms with Crippen molar-refractivity contribution in [1.82, 2.24) is 14.9 Å². The van der Waals surface area contributed by atoms with Crippen LogP contribution in [0.2, 0.25) is 0 Å². The number of fused-ring (bicyclic) bond motifs is 1. The van der Waals surface area contributed by atoms with E-state index in [1.54, 1.807) is 6.07 Å². The molecule has 9 nitrogen and oxygen atoms in total. The molecule has 1 fully saturated rings. The van der Waals surface area contributed by atoms with E-state index in [4.69, 9.17) is 9.47 Å². The Morgan fingerprint density at radius 2 is 1.69 bits per heavy atom. The fourth-order valence-electron chi connectivity index (χ4n) is 5.64. The number of rotatable bonds is 10. The smallest absolute Gasteiger partial charge is 0.319 e. The van der Waals surface area contributed by atoms with Gasteiger partial charge >= 0.3 is 6.03 Å². The number of amides is 2. The SMILES string of the molecule is CC(=O)C(Cc1ccccc1)NC(=O)Nc1cccc(C2OC(Cn3cnc4ccccc43)CC(c3ccc(CO)cc3)O2)c1. The number of hydrogen-bond acceptors (Lipinski definition) is 6. The maximum atomic E-state index is 13.0. The highest BCUT2D eigenvalue weighted by molar-refractivity contribution is 5.93. The van der Waals surface area contributed by atoms with Crippen molar-refractivity contribution in [2.45, 2.75) is 57.5 Å². The Kier molecular flexibility index (Phi) is 9.30. The van der Waals surface area contributed by atoms with Gasteiger partial charge in [0.1, 0.15) is 0 Å². The maximum Gasteiger partial charge on any atom is 0.319 e. The van der Waals surface area contributed by atoms with E-state index in [1.807, 2.05) is 103 Å². The standard InChI is InChI=1S/C36H36N4O5/c1-24(42)32(18-25-8-3-2-4-9-25)39-36(43)38-29-11-7-10-28(19-29)35-44-30(21-40-23-37-31-12-5-6-13-33(31)40)20-34(45-35)27-16-14-26(22-41)15-17-27/h2-17,19,23,30,32,34-35,41H,18,20-22H2,1H3,(H2,38,39,43). The van der Waals surface area contributed by atoms with Gasteiger partial charge in [-0.25, -0.2) is 9.78 Å². The van der Waals surface area contributed by atoms with Crippen molar-refractivity contribution < 1.29 is 24.2 Å². The molecule has 4 aromatic carbocycles. The van der Waals surface area contributed by atoms with Gasteiger partial charge in [0.15, 0.2) is 12.1 Å². The zero-order valence-corrected chi connectivity index (χ0v) is 25.0. The van der Waals surface area contributed by atoms with Crippen LogP contribution in [0.4, 0.5) is 10.5 Å². The molecule has 0 aliphatic carbocycles. The normalized spacial score (nSPS) is 18.8. The fraction of sp³-hybridized carbons (Fsp3) is 0.250. The van der Waals surface area contributed by atoms with Crippen LogP contribution in [-0.2, 0) is 33.8 Å². The quantitative estimate of drug-likeness (QED) is 0.178. The Morgan fingerprint density at radius 1 is 0.911 bits per heavy atom. The first-order valence-corrected chi connectivity index (χ1v) is 15.1. The molecule has 0 saturated carbocycles. The third kappa shape index (κ3) is 7.46. The van der Waals surface area contributed by atoms with Crippen molar-refractivity contribution in [3.8, 4) is 0 Å². The Balaban J connectivity index is 1.19. The van der Waals surface area contributed by atoms with E-state index >= 15 is 0 Å². The molecule has 1 aliphatic rings. The number of carbonyl (C=O) groups is 2. The molecule has 2 heterocycles. The molecule has 0 radical (unpaired) electrons. The first kappa shape index (κ1) is 30.2. The lowest BCUT2D eigenvalue weighted by molar-refractivity contribution is -0.252. The molecule has 2 amide bonds. The number of aliphatic hydroxyl groups is 1. The van der Waals surface area contributed by atoms with Crippen LogP contribution < -0.4 is 10.6 Å². The molecular weight excluding hydrogens is 568 g/mol. The van der Waals surface area contributed by atoms with Gasteiger partial charge < -0.3 is 29.8 Å². The average molecular weight is 605 g/mol. The number of ether oxygens (including phenoxy) is 2. The van der Waals surface area contributed by atoms with Gasteiger partial charge in [0.2, 0.25) is 0 Å². The van der Waals surface area contributed by atoms with Crippen molar-refractivity contribution in [2.75, 3.05) is 5.32 Å². The topological polar surface area (TPSA) is 115 Å². The maximum absolute atomic E-state index is 13.0. The molecule has 1 saturated heterocycles. The zero-order chi connectivity index (χ0) is 31.2. The number of aliphatic hydroxyl groups excluding tert-OH is 1. The van der Waals surface area contributed by atoms with E-state index in [9.17, 15) is 14.7 Å². The molecular formula is C36H36N4O5. The lowest BCUT2D eigenvalue weighted by Gasteiger charge is -2.36. The minimum absolute atomic E-state index is 0.0271. The molecule has 1 aliphatic heterocycles. The molecule has 4 unspecified atom stereocenters. The second-order valence-corrected chi connectivity index (χ2v) is 11.3. The summed E-state index contributed by atoms with van der Waals surface area (Å²) in [7, 11) is 0. The highest BCUT2D eigenvalue weighted by Gasteiger charge is 2.33. The molecule has 6 rings (SSSR count). The van der Waals surface area contributed by atoms with Crippen molar-refractivity contribution in [3.63, 3.8) is 0 Å².